The van der Waals surface area contributed by atoms with Crippen molar-refractivity contribution < 1.29 is 14.3 Å². The summed E-state index contributed by atoms with van der Waals surface area (Å²) in [4.78, 5) is 33.0. The van der Waals surface area contributed by atoms with Crippen LogP contribution in [-0.4, -0.2) is 29.0 Å². The van der Waals surface area contributed by atoms with E-state index in [0.29, 0.717) is 29.4 Å². The minimum Gasteiger partial charge on any atom is -0.465 e. The van der Waals surface area contributed by atoms with E-state index in [-0.39, 0.29) is 11.6 Å². The molecule has 0 aliphatic heterocycles. The molecule has 0 radical (unpaired) electrons. The quantitative estimate of drug-likeness (QED) is 0.625. The maximum atomic E-state index is 12.6. The van der Waals surface area contributed by atoms with Crippen molar-refractivity contribution in [2.75, 3.05) is 12.4 Å². The summed E-state index contributed by atoms with van der Waals surface area (Å²) >= 11 is 0. The molecule has 0 bridgehead atoms. The molecule has 0 atom stereocenters. The van der Waals surface area contributed by atoms with E-state index >= 15 is 0 Å². The van der Waals surface area contributed by atoms with Crippen molar-refractivity contribution in [2.24, 2.45) is 0 Å². The fraction of sp³-hybridized carbons (Fsp3) is 0.182. The summed E-state index contributed by atoms with van der Waals surface area (Å²) in [6, 6.07) is 16.4. The molecule has 0 aliphatic rings. The predicted octanol–water partition coefficient (Wildman–Crippen LogP) is 3.55. The molecule has 7 nitrogen and oxygen atoms in total. The number of methoxy groups -OCH3 is 1. The highest BCUT2D eigenvalue weighted by Gasteiger charge is 2.14. The number of nitrogens with zero attached hydrogens (tertiary/aromatic N) is 2. The molecule has 148 valence electrons. The number of rotatable bonds is 6. The standard InChI is InChI=1S/C22H22N4O3/c1-14-8-10-16(11-9-14)13-23-21(27)19-12-20(25-15(2)24-19)26-18-7-5-4-6-17(18)22(28)29-3/h4-12H,13H2,1-3H3,(H,23,27)(H,24,25,26). The highest BCUT2D eigenvalue weighted by atomic mass is 16.5. The second-order valence-electron chi connectivity index (χ2n) is 6.52. The Labute approximate surface area is 169 Å². The zero-order chi connectivity index (χ0) is 20.8. The lowest BCUT2D eigenvalue weighted by molar-refractivity contribution is 0.0601. The van der Waals surface area contributed by atoms with Gasteiger partial charge < -0.3 is 15.4 Å². The van der Waals surface area contributed by atoms with Gasteiger partial charge in [0.15, 0.2) is 0 Å². The largest absolute Gasteiger partial charge is 0.465 e. The third kappa shape index (κ3) is 5.16. The van der Waals surface area contributed by atoms with Gasteiger partial charge in [0.1, 0.15) is 17.3 Å². The molecule has 29 heavy (non-hydrogen) atoms. The number of carbonyl (C=O) groups is 2. The van der Waals surface area contributed by atoms with E-state index in [1.54, 1.807) is 37.3 Å². The smallest absolute Gasteiger partial charge is 0.339 e. The molecule has 0 unspecified atom stereocenters. The van der Waals surface area contributed by atoms with E-state index in [1.165, 1.54) is 7.11 Å². The van der Waals surface area contributed by atoms with Crippen molar-refractivity contribution >= 4 is 23.4 Å². The van der Waals surface area contributed by atoms with Gasteiger partial charge in [0.2, 0.25) is 0 Å². The van der Waals surface area contributed by atoms with Crippen LogP contribution in [0.2, 0.25) is 0 Å². The normalized spacial score (nSPS) is 10.3. The van der Waals surface area contributed by atoms with Crippen molar-refractivity contribution in [3.63, 3.8) is 0 Å². The Bertz CT molecular complexity index is 1030. The monoisotopic (exact) mass is 390 g/mol. The number of anilines is 2. The van der Waals surface area contributed by atoms with Gasteiger partial charge in [0, 0.05) is 12.6 Å². The average molecular weight is 390 g/mol. The lowest BCUT2D eigenvalue weighted by atomic mass is 10.1. The average Bonchev–Trinajstić information content (AvgIpc) is 2.72. The van der Waals surface area contributed by atoms with Gasteiger partial charge in [-0.1, -0.05) is 42.0 Å². The first kappa shape index (κ1) is 20.0. The highest BCUT2D eigenvalue weighted by molar-refractivity contribution is 5.97. The van der Waals surface area contributed by atoms with Crippen LogP contribution >= 0.6 is 0 Å². The third-order valence-electron chi connectivity index (χ3n) is 4.24. The molecule has 0 spiro atoms. The van der Waals surface area contributed by atoms with Crippen LogP contribution < -0.4 is 10.6 Å². The Hall–Kier alpha value is -3.74. The molecule has 3 rings (SSSR count). The minimum atomic E-state index is -0.463. The van der Waals surface area contributed by atoms with Gasteiger partial charge in [-0.15, -0.1) is 0 Å². The van der Waals surface area contributed by atoms with Crippen molar-refractivity contribution in [1.82, 2.24) is 15.3 Å². The molecule has 0 fully saturated rings. The second-order valence-corrected chi connectivity index (χ2v) is 6.52. The molecule has 7 heteroatoms. The van der Waals surface area contributed by atoms with Crippen molar-refractivity contribution in [3.05, 3.63) is 82.8 Å². The van der Waals surface area contributed by atoms with Crippen LogP contribution in [0, 0.1) is 13.8 Å². The molecule has 0 saturated carbocycles. The maximum absolute atomic E-state index is 12.6. The van der Waals surface area contributed by atoms with Gasteiger partial charge in [-0.2, -0.15) is 0 Å². The van der Waals surface area contributed by atoms with E-state index in [4.69, 9.17) is 4.74 Å². The summed E-state index contributed by atoms with van der Waals surface area (Å²) in [5.41, 5.74) is 3.30. The summed E-state index contributed by atoms with van der Waals surface area (Å²) < 4.78 is 4.81. The summed E-state index contributed by atoms with van der Waals surface area (Å²) in [5.74, 6) is 0.0793. The number of para-hydroxylation sites is 1. The molecule has 2 aromatic carbocycles. The minimum absolute atomic E-state index is 0.239. The summed E-state index contributed by atoms with van der Waals surface area (Å²) in [6.45, 7) is 4.11. The second kappa shape index (κ2) is 8.97. The maximum Gasteiger partial charge on any atom is 0.339 e. The van der Waals surface area contributed by atoms with Crippen LogP contribution in [0.4, 0.5) is 11.5 Å². The molecular formula is C22H22N4O3. The first-order chi connectivity index (χ1) is 14.0. The molecule has 2 N–H and O–H groups in total. The summed E-state index contributed by atoms with van der Waals surface area (Å²) in [7, 11) is 1.32. The van der Waals surface area contributed by atoms with Gasteiger partial charge in [0.05, 0.1) is 18.4 Å². The number of carbonyl (C=O) groups excluding carboxylic acids is 2. The SMILES string of the molecule is COC(=O)c1ccccc1Nc1cc(C(=O)NCc2ccc(C)cc2)nc(C)n1. The van der Waals surface area contributed by atoms with E-state index in [9.17, 15) is 9.59 Å². The molecule has 0 aliphatic carbocycles. The fourth-order valence-corrected chi connectivity index (χ4v) is 2.74. The van der Waals surface area contributed by atoms with Gasteiger partial charge >= 0.3 is 5.97 Å². The number of aromatic nitrogens is 2. The first-order valence-corrected chi connectivity index (χ1v) is 9.10. The molecular weight excluding hydrogens is 368 g/mol. The zero-order valence-corrected chi connectivity index (χ0v) is 16.5. The Morgan fingerprint density at radius 2 is 1.72 bits per heavy atom. The van der Waals surface area contributed by atoms with Gasteiger partial charge in [-0.3, -0.25) is 4.79 Å². The number of nitrogens with one attached hydrogen (secondary N) is 2. The van der Waals surface area contributed by atoms with E-state index in [1.807, 2.05) is 31.2 Å². The van der Waals surface area contributed by atoms with Crippen LogP contribution in [0.5, 0.6) is 0 Å². The van der Waals surface area contributed by atoms with Crippen LogP contribution in [0.3, 0.4) is 0 Å². The van der Waals surface area contributed by atoms with Gasteiger partial charge in [-0.25, -0.2) is 14.8 Å². The van der Waals surface area contributed by atoms with E-state index in [0.717, 1.165) is 11.1 Å². The number of amides is 1. The van der Waals surface area contributed by atoms with Gasteiger partial charge in [0.25, 0.3) is 5.91 Å². The van der Waals surface area contributed by atoms with Gasteiger partial charge in [-0.05, 0) is 31.5 Å². The molecule has 0 saturated heterocycles. The van der Waals surface area contributed by atoms with Crippen LogP contribution in [0.1, 0.15) is 37.8 Å². The van der Waals surface area contributed by atoms with Crippen LogP contribution in [0.15, 0.2) is 54.6 Å². The Morgan fingerprint density at radius 1 is 1.00 bits per heavy atom. The number of benzene rings is 2. The number of ether oxygens (including phenoxy) is 1. The lowest BCUT2D eigenvalue weighted by Crippen LogP contribution is -2.24. The number of hydrogen-bond donors (Lipinski definition) is 2. The topological polar surface area (TPSA) is 93.2 Å². The summed E-state index contributed by atoms with van der Waals surface area (Å²) in [6.07, 6.45) is 0. The zero-order valence-electron chi connectivity index (χ0n) is 16.5. The molecule has 3 aromatic rings. The molecule has 1 heterocycles. The van der Waals surface area contributed by atoms with E-state index < -0.39 is 5.97 Å². The number of aryl methyl sites for hydroxylation is 2. The predicted molar refractivity (Wildman–Crippen MR) is 110 cm³/mol. The highest BCUT2D eigenvalue weighted by Crippen LogP contribution is 2.21. The van der Waals surface area contributed by atoms with E-state index in [2.05, 4.69) is 20.6 Å². The fourth-order valence-electron chi connectivity index (χ4n) is 2.74. The van der Waals surface area contributed by atoms with Crippen LogP contribution in [0.25, 0.3) is 0 Å². The van der Waals surface area contributed by atoms with Crippen molar-refractivity contribution in [1.29, 1.82) is 0 Å². The van der Waals surface area contributed by atoms with Crippen LogP contribution in [-0.2, 0) is 11.3 Å². The van der Waals surface area contributed by atoms with Crippen molar-refractivity contribution in [2.45, 2.75) is 20.4 Å². The van der Waals surface area contributed by atoms with Crippen molar-refractivity contribution in [3.8, 4) is 0 Å². The Balaban J connectivity index is 1.77. The molecule has 1 amide bonds. The lowest BCUT2D eigenvalue weighted by Gasteiger charge is -2.12. The Kier molecular flexibility index (Phi) is 6.19. The Morgan fingerprint density at radius 3 is 2.45 bits per heavy atom. The first-order valence-electron chi connectivity index (χ1n) is 9.10. The third-order valence-corrected chi connectivity index (χ3v) is 4.24. The summed E-state index contributed by atoms with van der Waals surface area (Å²) in [5, 5.41) is 5.93. The number of hydrogen-bond acceptors (Lipinski definition) is 6. The number of esters is 1. The molecule has 1 aromatic heterocycles.